The zero-order chi connectivity index (χ0) is 13.9. The van der Waals surface area contributed by atoms with Gasteiger partial charge in [-0.15, -0.1) is 0 Å². The lowest BCUT2D eigenvalue weighted by atomic mass is 10.2. The highest BCUT2D eigenvalue weighted by atomic mass is 16.3. The number of aromatic nitrogens is 3. The quantitative estimate of drug-likeness (QED) is 0.784. The number of pyridine rings is 2. The van der Waals surface area contributed by atoms with E-state index in [0.717, 1.165) is 22.7 Å². The van der Waals surface area contributed by atoms with Crippen molar-refractivity contribution in [2.24, 2.45) is 0 Å². The fraction of sp³-hybridized carbons (Fsp3) is 0.200. The molecule has 20 heavy (non-hydrogen) atoms. The zero-order valence-electron chi connectivity index (χ0n) is 11.3. The first kappa shape index (κ1) is 12.6. The Morgan fingerprint density at radius 2 is 2.15 bits per heavy atom. The van der Waals surface area contributed by atoms with Gasteiger partial charge in [0.1, 0.15) is 5.65 Å². The maximum atomic E-state index is 9.62. The van der Waals surface area contributed by atoms with E-state index < -0.39 is 0 Å². The van der Waals surface area contributed by atoms with Crippen LogP contribution in [0, 0.1) is 0 Å². The van der Waals surface area contributed by atoms with E-state index >= 15 is 0 Å². The number of aliphatic hydroxyl groups is 1. The Labute approximate surface area is 117 Å². The number of hydrogen-bond donors (Lipinski definition) is 1. The minimum absolute atomic E-state index is 0.0438. The number of rotatable bonds is 4. The van der Waals surface area contributed by atoms with Crippen molar-refractivity contribution >= 4 is 11.5 Å². The number of hydrogen-bond acceptors (Lipinski definition) is 4. The maximum Gasteiger partial charge on any atom is 0.153 e. The first-order chi connectivity index (χ1) is 9.79. The van der Waals surface area contributed by atoms with Crippen LogP contribution < -0.4 is 4.90 Å². The fourth-order valence-electron chi connectivity index (χ4n) is 2.33. The highest BCUT2D eigenvalue weighted by Gasteiger charge is 2.14. The van der Waals surface area contributed by atoms with Crippen LogP contribution in [0.1, 0.15) is 11.3 Å². The first-order valence-corrected chi connectivity index (χ1v) is 6.46. The van der Waals surface area contributed by atoms with E-state index in [0.29, 0.717) is 6.54 Å². The SMILES string of the molecule is CN(Cc1cccnc1)c1nc2ccccn2c1CO. The summed E-state index contributed by atoms with van der Waals surface area (Å²) in [5, 5.41) is 9.62. The van der Waals surface area contributed by atoms with Gasteiger partial charge in [0.2, 0.25) is 0 Å². The van der Waals surface area contributed by atoms with Gasteiger partial charge in [-0.1, -0.05) is 12.1 Å². The van der Waals surface area contributed by atoms with Crippen LogP contribution in [0.4, 0.5) is 5.82 Å². The van der Waals surface area contributed by atoms with Gasteiger partial charge in [-0.2, -0.15) is 0 Å². The predicted molar refractivity (Wildman–Crippen MR) is 77.5 cm³/mol. The molecule has 0 radical (unpaired) electrons. The molecule has 0 unspecified atom stereocenters. The lowest BCUT2D eigenvalue weighted by molar-refractivity contribution is 0.276. The molecule has 3 aromatic rings. The molecule has 0 bridgehead atoms. The molecular weight excluding hydrogens is 252 g/mol. The van der Waals surface area contributed by atoms with Crippen LogP contribution in [0.2, 0.25) is 0 Å². The van der Waals surface area contributed by atoms with Crippen LogP contribution in [0.5, 0.6) is 0 Å². The van der Waals surface area contributed by atoms with E-state index in [1.807, 2.05) is 59.1 Å². The molecule has 0 atom stereocenters. The molecule has 0 aliphatic carbocycles. The van der Waals surface area contributed by atoms with E-state index in [2.05, 4.69) is 9.97 Å². The third-order valence-corrected chi connectivity index (χ3v) is 3.26. The lowest BCUT2D eigenvalue weighted by Gasteiger charge is -2.17. The topological polar surface area (TPSA) is 53.7 Å². The van der Waals surface area contributed by atoms with Gasteiger partial charge in [0, 0.05) is 32.2 Å². The van der Waals surface area contributed by atoms with Crippen molar-refractivity contribution in [2.45, 2.75) is 13.2 Å². The monoisotopic (exact) mass is 268 g/mol. The molecule has 1 N–H and O–H groups in total. The number of aliphatic hydroxyl groups excluding tert-OH is 1. The summed E-state index contributed by atoms with van der Waals surface area (Å²) < 4.78 is 1.91. The Hall–Kier alpha value is -2.40. The van der Waals surface area contributed by atoms with Crippen LogP contribution in [0.15, 0.2) is 48.9 Å². The summed E-state index contributed by atoms with van der Waals surface area (Å²) in [5.74, 6) is 0.794. The molecule has 102 valence electrons. The van der Waals surface area contributed by atoms with Crippen molar-refractivity contribution in [1.82, 2.24) is 14.4 Å². The average Bonchev–Trinajstić information content (AvgIpc) is 2.87. The van der Waals surface area contributed by atoms with E-state index in [9.17, 15) is 5.11 Å². The van der Waals surface area contributed by atoms with Crippen LogP contribution >= 0.6 is 0 Å². The molecule has 0 amide bonds. The van der Waals surface area contributed by atoms with Crippen molar-refractivity contribution in [3.63, 3.8) is 0 Å². The third kappa shape index (κ3) is 2.23. The number of fused-ring (bicyclic) bond motifs is 1. The molecule has 3 aromatic heterocycles. The van der Waals surface area contributed by atoms with Crippen LogP contribution in [0.25, 0.3) is 5.65 Å². The number of nitrogens with zero attached hydrogens (tertiary/aromatic N) is 4. The van der Waals surface area contributed by atoms with Crippen LogP contribution in [0.3, 0.4) is 0 Å². The van der Waals surface area contributed by atoms with Gasteiger partial charge in [0.15, 0.2) is 5.82 Å². The van der Waals surface area contributed by atoms with Crippen molar-refractivity contribution in [2.75, 3.05) is 11.9 Å². The minimum Gasteiger partial charge on any atom is -0.390 e. The molecule has 0 saturated carbocycles. The molecule has 0 aliphatic rings. The van der Waals surface area contributed by atoms with Crippen molar-refractivity contribution < 1.29 is 5.11 Å². The Balaban J connectivity index is 1.97. The maximum absolute atomic E-state index is 9.62. The van der Waals surface area contributed by atoms with Crippen molar-refractivity contribution in [1.29, 1.82) is 0 Å². The normalized spacial score (nSPS) is 10.9. The highest BCUT2D eigenvalue weighted by Crippen LogP contribution is 2.22. The molecule has 3 heterocycles. The fourth-order valence-corrected chi connectivity index (χ4v) is 2.33. The summed E-state index contributed by atoms with van der Waals surface area (Å²) in [5.41, 5.74) is 2.74. The molecule has 3 rings (SSSR count). The van der Waals surface area contributed by atoms with E-state index in [1.54, 1.807) is 6.20 Å². The summed E-state index contributed by atoms with van der Waals surface area (Å²) >= 11 is 0. The van der Waals surface area contributed by atoms with Crippen LogP contribution in [-0.2, 0) is 13.2 Å². The molecule has 0 aliphatic heterocycles. The van der Waals surface area contributed by atoms with Gasteiger partial charge in [-0.3, -0.25) is 9.38 Å². The predicted octanol–water partition coefficient (Wildman–Crippen LogP) is 1.86. The smallest absolute Gasteiger partial charge is 0.153 e. The Morgan fingerprint density at radius 1 is 1.25 bits per heavy atom. The standard InChI is InChI=1S/C15H16N4O/c1-18(10-12-5-4-7-16-9-12)15-13(11-20)19-8-3-2-6-14(19)17-15/h2-9,20H,10-11H2,1H3. The lowest BCUT2D eigenvalue weighted by Crippen LogP contribution is -2.18. The summed E-state index contributed by atoms with van der Waals surface area (Å²) in [7, 11) is 1.97. The second-order valence-electron chi connectivity index (χ2n) is 4.69. The zero-order valence-corrected chi connectivity index (χ0v) is 11.3. The highest BCUT2D eigenvalue weighted by molar-refractivity contribution is 5.55. The summed E-state index contributed by atoms with van der Waals surface area (Å²) in [6.07, 6.45) is 5.51. The largest absolute Gasteiger partial charge is 0.390 e. The minimum atomic E-state index is -0.0438. The number of imidazole rings is 1. The van der Waals surface area contributed by atoms with Gasteiger partial charge in [0.05, 0.1) is 12.3 Å². The van der Waals surface area contributed by atoms with E-state index in [-0.39, 0.29) is 6.61 Å². The Kier molecular flexibility index (Phi) is 3.35. The molecule has 0 spiro atoms. The van der Waals surface area contributed by atoms with Gasteiger partial charge in [0.25, 0.3) is 0 Å². The molecular formula is C15H16N4O. The second-order valence-corrected chi connectivity index (χ2v) is 4.69. The molecule has 5 heteroatoms. The average molecular weight is 268 g/mol. The molecule has 0 saturated heterocycles. The van der Waals surface area contributed by atoms with Crippen LogP contribution in [-0.4, -0.2) is 26.5 Å². The second kappa shape index (κ2) is 5.30. The van der Waals surface area contributed by atoms with Gasteiger partial charge in [-0.05, 0) is 23.8 Å². The van der Waals surface area contributed by atoms with E-state index in [1.165, 1.54) is 0 Å². The molecule has 5 nitrogen and oxygen atoms in total. The Morgan fingerprint density at radius 3 is 2.90 bits per heavy atom. The van der Waals surface area contributed by atoms with Crippen molar-refractivity contribution in [3.05, 3.63) is 60.2 Å². The molecule has 0 fully saturated rings. The summed E-state index contributed by atoms with van der Waals surface area (Å²) in [4.78, 5) is 10.7. The number of anilines is 1. The van der Waals surface area contributed by atoms with Gasteiger partial charge in [-0.25, -0.2) is 4.98 Å². The van der Waals surface area contributed by atoms with E-state index in [4.69, 9.17) is 0 Å². The summed E-state index contributed by atoms with van der Waals surface area (Å²) in [6.45, 7) is 0.655. The first-order valence-electron chi connectivity index (χ1n) is 6.46. The third-order valence-electron chi connectivity index (χ3n) is 3.26. The summed E-state index contributed by atoms with van der Waals surface area (Å²) in [6, 6.07) is 9.74. The van der Waals surface area contributed by atoms with Gasteiger partial charge >= 0.3 is 0 Å². The Bertz CT molecular complexity index is 708. The van der Waals surface area contributed by atoms with Gasteiger partial charge < -0.3 is 10.0 Å². The molecule has 0 aromatic carbocycles. The van der Waals surface area contributed by atoms with Crippen molar-refractivity contribution in [3.8, 4) is 0 Å².